The molecule has 0 saturated carbocycles. The molecule has 0 heterocycles. The minimum absolute atomic E-state index is 0.299. The molecule has 0 aliphatic carbocycles. The Morgan fingerprint density at radius 3 is 2.24 bits per heavy atom. The zero-order valence-electron chi connectivity index (χ0n) is 13.2. The molecule has 21 heavy (non-hydrogen) atoms. The number of rotatable bonds is 5. The van der Waals surface area contributed by atoms with Crippen molar-refractivity contribution in [2.45, 2.75) is 45.8 Å². The molecule has 0 bridgehead atoms. The van der Waals surface area contributed by atoms with Gasteiger partial charge in [0.2, 0.25) is 0 Å². The molecule has 0 aromatic heterocycles. The first kappa shape index (κ1) is 15.6. The Labute approximate surface area is 127 Å². The van der Waals surface area contributed by atoms with E-state index in [0.717, 1.165) is 16.9 Å². The molecule has 2 rings (SSSR count). The molecular weight excluding hydrogens is 260 g/mol. The monoisotopic (exact) mass is 284 g/mol. The van der Waals surface area contributed by atoms with Crippen LogP contribution in [0.2, 0.25) is 0 Å². The van der Waals surface area contributed by atoms with E-state index in [4.69, 9.17) is 4.74 Å². The Balaban J connectivity index is 2.19. The second-order valence-corrected chi connectivity index (χ2v) is 5.87. The predicted octanol–water partition coefficient (Wildman–Crippen LogP) is 4.62. The van der Waals surface area contributed by atoms with Gasteiger partial charge in [-0.1, -0.05) is 56.3 Å². The number of aliphatic hydroxyl groups excluding tert-OH is 1. The standard InChI is InChI=1S/C19H24O2/c1-13(2)17-11-10-14(3)12-18(17)21-15(4)19(20)16-8-6-5-7-9-16/h5-13,15,19-20H,1-4H3. The van der Waals surface area contributed by atoms with Crippen molar-refractivity contribution in [2.75, 3.05) is 0 Å². The summed E-state index contributed by atoms with van der Waals surface area (Å²) in [5.74, 6) is 1.26. The van der Waals surface area contributed by atoms with E-state index < -0.39 is 6.10 Å². The lowest BCUT2D eigenvalue weighted by molar-refractivity contribution is 0.0460. The summed E-state index contributed by atoms with van der Waals surface area (Å²) in [5, 5.41) is 10.4. The third kappa shape index (κ3) is 3.85. The van der Waals surface area contributed by atoms with Crippen LogP contribution in [-0.2, 0) is 0 Å². The maximum Gasteiger partial charge on any atom is 0.126 e. The van der Waals surface area contributed by atoms with Gasteiger partial charge in [0.1, 0.15) is 18.0 Å². The van der Waals surface area contributed by atoms with Crippen LogP contribution in [0.5, 0.6) is 5.75 Å². The third-order valence-electron chi connectivity index (χ3n) is 3.69. The molecule has 0 radical (unpaired) electrons. The molecule has 0 aliphatic heterocycles. The molecule has 0 spiro atoms. The minimum atomic E-state index is -0.633. The lowest BCUT2D eigenvalue weighted by Crippen LogP contribution is -2.22. The molecule has 2 atom stereocenters. The zero-order valence-corrected chi connectivity index (χ0v) is 13.2. The summed E-state index contributed by atoms with van der Waals surface area (Å²) in [6, 6.07) is 15.9. The van der Waals surface area contributed by atoms with Crippen molar-refractivity contribution >= 4 is 0 Å². The summed E-state index contributed by atoms with van der Waals surface area (Å²) in [6.45, 7) is 8.25. The third-order valence-corrected chi connectivity index (χ3v) is 3.69. The van der Waals surface area contributed by atoms with Gasteiger partial charge < -0.3 is 9.84 Å². The highest BCUT2D eigenvalue weighted by Gasteiger charge is 2.19. The van der Waals surface area contributed by atoms with E-state index in [1.807, 2.05) is 43.3 Å². The van der Waals surface area contributed by atoms with Crippen molar-refractivity contribution in [1.29, 1.82) is 0 Å². The fourth-order valence-electron chi connectivity index (χ4n) is 2.41. The first-order valence-corrected chi connectivity index (χ1v) is 7.49. The molecule has 2 aromatic rings. The quantitative estimate of drug-likeness (QED) is 0.868. The first-order chi connectivity index (χ1) is 9.99. The lowest BCUT2D eigenvalue weighted by Gasteiger charge is -2.23. The maximum atomic E-state index is 10.4. The van der Waals surface area contributed by atoms with Gasteiger partial charge in [-0.25, -0.2) is 0 Å². The molecule has 0 aliphatic rings. The Morgan fingerprint density at radius 2 is 1.62 bits per heavy atom. The van der Waals surface area contributed by atoms with E-state index in [1.165, 1.54) is 5.56 Å². The van der Waals surface area contributed by atoms with Crippen LogP contribution in [0.4, 0.5) is 0 Å². The molecule has 0 fully saturated rings. The molecule has 0 amide bonds. The molecule has 2 unspecified atom stereocenters. The van der Waals surface area contributed by atoms with Crippen LogP contribution >= 0.6 is 0 Å². The second kappa shape index (κ2) is 6.77. The lowest BCUT2D eigenvalue weighted by atomic mass is 10.00. The average Bonchev–Trinajstić information content (AvgIpc) is 2.47. The van der Waals surface area contributed by atoms with E-state index in [1.54, 1.807) is 0 Å². The molecule has 2 heteroatoms. The van der Waals surface area contributed by atoms with Crippen molar-refractivity contribution in [1.82, 2.24) is 0 Å². The molecule has 2 nitrogen and oxygen atoms in total. The summed E-state index contributed by atoms with van der Waals surface area (Å²) in [6.07, 6.45) is -0.932. The van der Waals surface area contributed by atoms with E-state index in [9.17, 15) is 5.11 Å². The van der Waals surface area contributed by atoms with Crippen LogP contribution in [0, 0.1) is 6.92 Å². The van der Waals surface area contributed by atoms with Crippen LogP contribution < -0.4 is 4.74 Å². The predicted molar refractivity (Wildman–Crippen MR) is 86.8 cm³/mol. The first-order valence-electron chi connectivity index (χ1n) is 7.49. The van der Waals surface area contributed by atoms with Crippen LogP contribution in [0.3, 0.4) is 0 Å². The number of ether oxygens (including phenoxy) is 1. The zero-order chi connectivity index (χ0) is 15.4. The van der Waals surface area contributed by atoms with Crippen molar-refractivity contribution < 1.29 is 9.84 Å². The smallest absolute Gasteiger partial charge is 0.126 e. The summed E-state index contributed by atoms with van der Waals surface area (Å²) < 4.78 is 6.05. The molecule has 2 aromatic carbocycles. The normalized spacial score (nSPS) is 14.0. The van der Waals surface area contributed by atoms with Gasteiger partial charge in [0.25, 0.3) is 0 Å². The highest BCUT2D eigenvalue weighted by Crippen LogP contribution is 2.30. The molecule has 1 N–H and O–H groups in total. The van der Waals surface area contributed by atoms with Crippen molar-refractivity contribution in [3.05, 3.63) is 65.2 Å². The van der Waals surface area contributed by atoms with Gasteiger partial charge >= 0.3 is 0 Å². The van der Waals surface area contributed by atoms with Gasteiger partial charge in [0, 0.05) is 0 Å². The van der Waals surface area contributed by atoms with Gasteiger partial charge in [0.15, 0.2) is 0 Å². The van der Waals surface area contributed by atoms with Gasteiger partial charge in [0.05, 0.1) is 0 Å². The fourth-order valence-corrected chi connectivity index (χ4v) is 2.41. The van der Waals surface area contributed by atoms with E-state index >= 15 is 0 Å². The number of aryl methyl sites for hydroxylation is 1. The average molecular weight is 284 g/mol. The van der Waals surface area contributed by atoms with Crippen LogP contribution in [0.1, 0.15) is 49.5 Å². The van der Waals surface area contributed by atoms with Crippen LogP contribution in [0.25, 0.3) is 0 Å². The van der Waals surface area contributed by atoms with Gasteiger partial charge in [-0.2, -0.15) is 0 Å². The SMILES string of the molecule is Cc1ccc(C(C)C)c(OC(C)C(O)c2ccccc2)c1. The summed E-state index contributed by atoms with van der Waals surface area (Å²) in [4.78, 5) is 0. The number of benzene rings is 2. The Hall–Kier alpha value is -1.80. The number of aliphatic hydroxyl groups is 1. The summed E-state index contributed by atoms with van der Waals surface area (Å²) in [5.41, 5.74) is 3.22. The molecule has 112 valence electrons. The Kier molecular flexibility index (Phi) is 5.03. The maximum absolute atomic E-state index is 10.4. The molecule has 0 saturated heterocycles. The largest absolute Gasteiger partial charge is 0.487 e. The second-order valence-electron chi connectivity index (χ2n) is 5.87. The van der Waals surface area contributed by atoms with Crippen molar-refractivity contribution in [3.8, 4) is 5.75 Å². The van der Waals surface area contributed by atoms with E-state index in [-0.39, 0.29) is 6.10 Å². The van der Waals surface area contributed by atoms with Gasteiger partial charge in [-0.05, 0) is 42.5 Å². The van der Waals surface area contributed by atoms with Gasteiger partial charge in [-0.15, -0.1) is 0 Å². The van der Waals surface area contributed by atoms with Gasteiger partial charge in [-0.3, -0.25) is 0 Å². The highest BCUT2D eigenvalue weighted by molar-refractivity contribution is 5.39. The summed E-state index contributed by atoms with van der Waals surface area (Å²) in [7, 11) is 0. The van der Waals surface area contributed by atoms with E-state index in [0.29, 0.717) is 5.92 Å². The highest BCUT2D eigenvalue weighted by atomic mass is 16.5. The summed E-state index contributed by atoms with van der Waals surface area (Å²) >= 11 is 0. The van der Waals surface area contributed by atoms with Crippen molar-refractivity contribution in [2.24, 2.45) is 0 Å². The Morgan fingerprint density at radius 1 is 0.952 bits per heavy atom. The van der Waals surface area contributed by atoms with E-state index in [2.05, 4.69) is 32.9 Å². The topological polar surface area (TPSA) is 29.5 Å². The molecular formula is C19H24O2. The van der Waals surface area contributed by atoms with Crippen LogP contribution in [0.15, 0.2) is 48.5 Å². The number of hydrogen-bond acceptors (Lipinski definition) is 2. The van der Waals surface area contributed by atoms with Crippen molar-refractivity contribution in [3.63, 3.8) is 0 Å². The fraction of sp³-hybridized carbons (Fsp3) is 0.368. The number of hydrogen-bond donors (Lipinski definition) is 1. The Bertz CT molecular complexity index is 575. The minimum Gasteiger partial charge on any atom is -0.487 e. The van der Waals surface area contributed by atoms with Crippen LogP contribution in [-0.4, -0.2) is 11.2 Å².